The first-order valence-electron chi connectivity index (χ1n) is 7.28. The molecule has 0 saturated heterocycles. The normalized spacial score (nSPS) is 14.8. The van der Waals surface area contributed by atoms with Crippen LogP contribution in [0.1, 0.15) is 23.1 Å². The zero-order valence-electron chi connectivity index (χ0n) is 11.9. The molecular weight excluding hydrogens is 266 g/mol. The molecule has 3 heteroatoms. The van der Waals surface area contributed by atoms with Gasteiger partial charge in [0.1, 0.15) is 5.75 Å². The van der Waals surface area contributed by atoms with E-state index in [9.17, 15) is 0 Å². The molecule has 2 heterocycles. The Labute approximate surface area is 124 Å². The summed E-state index contributed by atoms with van der Waals surface area (Å²) < 4.78 is 5.56. The minimum atomic E-state index is 0.550. The number of hydrogen-bond donors (Lipinski definition) is 1. The van der Waals surface area contributed by atoms with Crippen LogP contribution in [0.15, 0.2) is 35.0 Å². The van der Waals surface area contributed by atoms with Crippen LogP contribution in [0.5, 0.6) is 5.75 Å². The van der Waals surface area contributed by atoms with Crippen molar-refractivity contribution in [2.45, 2.75) is 31.7 Å². The first kappa shape index (κ1) is 13.7. The molecule has 106 valence electrons. The summed E-state index contributed by atoms with van der Waals surface area (Å²) in [5, 5.41) is 7.85. The van der Waals surface area contributed by atoms with Crippen molar-refractivity contribution in [2.24, 2.45) is 0 Å². The topological polar surface area (TPSA) is 21.3 Å². The summed E-state index contributed by atoms with van der Waals surface area (Å²) in [7, 11) is 2.06. The minimum absolute atomic E-state index is 0.550. The van der Waals surface area contributed by atoms with Gasteiger partial charge in [-0.1, -0.05) is 12.1 Å². The monoisotopic (exact) mass is 287 g/mol. The average Bonchev–Trinajstić information content (AvgIpc) is 3.13. The van der Waals surface area contributed by atoms with Crippen LogP contribution in [0.2, 0.25) is 0 Å². The molecule has 1 N–H and O–H groups in total. The van der Waals surface area contributed by atoms with Crippen molar-refractivity contribution >= 4 is 11.3 Å². The van der Waals surface area contributed by atoms with Crippen LogP contribution < -0.4 is 10.1 Å². The van der Waals surface area contributed by atoms with Gasteiger partial charge in [-0.3, -0.25) is 0 Å². The summed E-state index contributed by atoms with van der Waals surface area (Å²) in [6.07, 6.45) is 4.48. The van der Waals surface area contributed by atoms with Crippen LogP contribution in [0.4, 0.5) is 0 Å². The quantitative estimate of drug-likeness (QED) is 0.878. The molecule has 3 rings (SSSR count). The zero-order valence-corrected chi connectivity index (χ0v) is 12.7. The van der Waals surface area contributed by atoms with Gasteiger partial charge in [-0.25, -0.2) is 0 Å². The fourth-order valence-corrected chi connectivity index (χ4v) is 3.46. The lowest BCUT2D eigenvalue weighted by Gasteiger charge is -2.15. The van der Waals surface area contributed by atoms with Crippen molar-refractivity contribution in [2.75, 3.05) is 13.7 Å². The third-order valence-electron chi connectivity index (χ3n) is 4.01. The molecule has 0 bridgehead atoms. The maximum Gasteiger partial charge on any atom is 0.122 e. The van der Waals surface area contributed by atoms with E-state index in [1.54, 1.807) is 11.3 Å². The van der Waals surface area contributed by atoms with Gasteiger partial charge in [-0.2, -0.15) is 11.3 Å². The second kappa shape index (κ2) is 6.42. The lowest BCUT2D eigenvalue weighted by atomic mass is 9.99. The number of hydrogen-bond acceptors (Lipinski definition) is 3. The second-order valence-electron chi connectivity index (χ2n) is 5.40. The molecule has 0 fully saturated rings. The molecule has 1 atom stereocenters. The van der Waals surface area contributed by atoms with E-state index in [4.69, 9.17) is 4.74 Å². The van der Waals surface area contributed by atoms with Gasteiger partial charge >= 0.3 is 0 Å². The number of benzene rings is 1. The Balaban J connectivity index is 1.57. The maximum absolute atomic E-state index is 5.56. The molecule has 0 aliphatic carbocycles. The Hall–Kier alpha value is -1.32. The number of rotatable bonds is 6. The summed E-state index contributed by atoms with van der Waals surface area (Å²) in [4.78, 5) is 0. The third-order valence-corrected chi connectivity index (χ3v) is 4.74. The van der Waals surface area contributed by atoms with E-state index in [-0.39, 0.29) is 0 Å². The maximum atomic E-state index is 5.56. The lowest BCUT2D eigenvalue weighted by Crippen LogP contribution is -2.27. The Bertz CT molecular complexity index is 550. The second-order valence-corrected chi connectivity index (χ2v) is 6.18. The molecule has 1 aromatic heterocycles. The standard InChI is InChI=1S/C17H21NOS/c1-18-16(11-14-7-9-20-12-14)4-2-13-3-5-17-15(10-13)6-8-19-17/h3,5,7,9-10,12,16,18H,2,4,6,8,11H2,1H3. The largest absolute Gasteiger partial charge is 0.493 e. The Kier molecular flexibility index (Phi) is 4.38. The van der Waals surface area contributed by atoms with Crippen molar-refractivity contribution in [3.8, 4) is 5.75 Å². The van der Waals surface area contributed by atoms with Crippen molar-refractivity contribution in [1.82, 2.24) is 5.32 Å². The highest BCUT2D eigenvalue weighted by Crippen LogP contribution is 2.26. The van der Waals surface area contributed by atoms with Crippen LogP contribution in [0, 0.1) is 0 Å². The predicted octanol–water partition coefficient (Wildman–Crippen LogP) is 3.45. The van der Waals surface area contributed by atoms with Crippen LogP contribution in [0.3, 0.4) is 0 Å². The number of aryl methyl sites for hydroxylation is 1. The number of likely N-dealkylation sites (N-methyl/N-ethyl adjacent to an activating group) is 1. The molecular formula is C17H21NOS. The highest BCUT2D eigenvalue weighted by atomic mass is 32.1. The number of thiophene rings is 1. The predicted molar refractivity (Wildman–Crippen MR) is 84.8 cm³/mol. The average molecular weight is 287 g/mol. The molecule has 1 aliphatic rings. The van der Waals surface area contributed by atoms with Crippen molar-refractivity contribution in [1.29, 1.82) is 0 Å². The van der Waals surface area contributed by atoms with Crippen molar-refractivity contribution < 1.29 is 4.74 Å². The minimum Gasteiger partial charge on any atom is -0.493 e. The molecule has 1 unspecified atom stereocenters. The molecule has 0 saturated carbocycles. The molecule has 20 heavy (non-hydrogen) atoms. The Morgan fingerprint density at radius 3 is 3.05 bits per heavy atom. The van der Waals surface area contributed by atoms with E-state index in [2.05, 4.69) is 47.4 Å². The fraction of sp³-hybridized carbons (Fsp3) is 0.412. The zero-order chi connectivity index (χ0) is 13.8. The third kappa shape index (κ3) is 3.22. The van der Waals surface area contributed by atoms with E-state index in [1.165, 1.54) is 23.1 Å². The molecule has 0 radical (unpaired) electrons. The summed E-state index contributed by atoms with van der Waals surface area (Å²) in [5.41, 5.74) is 4.25. The van der Waals surface area contributed by atoms with E-state index in [1.807, 2.05) is 0 Å². The first-order valence-corrected chi connectivity index (χ1v) is 8.22. The van der Waals surface area contributed by atoms with Gasteiger partial charge in [0.05, 0.1) is 6.61 Å². The van der Waals surface area contributed by atoms with Crippen LogP contribution in [-0.2, 0) is 19.3 Å². The summed E-state index contributed by atoms with van der Waals surface area (Å²) in [6, 6.07) is 9.43. The highest BCUT2D eigenvalue weighted by Gasteiger charge is 2.13. The number of fused-ring (bicyclic) bond motifs is 1. The molecule has 0 spiro atoms. The van der Waals surface area contributed by atoms with Gasteiger partial charge in [-0.05, 0) is 65.9 Å². The summed E-state index contributed by atoms with van der Waals surface area (Å²) in [6.45, 7) is 0.843. The SMILES string of the molecule is CNC(CCc1ccc2c(c1)CCO2)Cc1ccsc1. The Morgan fingerprint density at radius 1 is 1.30 bits per heavy atom. The van der Waals surface area contributed by atoms with Crippen LogP contribution in [0.25, 0.3) is 0 Å². The highest BCUT2D eigenvalue weighted by molar-refractivity contribution is 7.07. The lowest BCUT2D eigenvalue weighted by molar-refractivity contribution is 0.357. The van der Waals surface area contributed by atoms with Gasteiger partial charge < -0.3 is 10.1 Å². The van der Waals surface area contributed by atoms with E-state index < -0.39 is 0 Å². The van der Waals surface area contributed by atoms with Crippen LogP contribution >= 0.6 is 11.3 Å². The molecule has 2 aromatic rings. The molecule has 0 amide bonds. The molecule has 1 aromatic carbocycles. The van der Waals surface area contributed by atoms with Gasteiger partial charge in [0.25, 0.3) is 0 Å². The van der Waals surface area contributed by atoms with Crippen LogP contribution in [-0.4, -0.2) is 19.7 Å². The molecule has 2 nitrogen and oxygen atoms in total. The van der Waals surface area contributed by atoms with E-state index in [0.717, 1.165) is 31.6 Å². The smallest absolute Gasteiger partial charge is 0.122 e. The first-order chi connectivity index (χ1) is 9.85. The van der Waals surface area contributed by atoms with Gasteiger partial charge in [0, 0.05) is 12.5 Å². The summed E-state index contributed by atoms with van der Waals surface area (Å²) >= 11 is 1.78. The fourth-order valence-electron chi connectivity index (χ4n) is 2.78. The van der Waals surface area contributed by atoms with E-state index in [0.29, 0.717) is 6.04 Å². The van der Waals surface area contributed by atoms with Crippen molar-refractivity contribution in [3.63, 3.8) is 0 Å². The summed E-state index contributed by atoms with van der Waals surface area (Å²) in [5.74, 6) is 1.08. The van der Waals surface area contributed by atoms with Gasteiger partial charge in [0.2, 0.25) is 0 Å². The van der Waals surface area contributed by atoms with Crippen molar-refractivity contribution in [3.05, 3.63) is 51.7 Å². The number of nitrogens with one attached hydrogen (secondary N) is 1. The van der Waals surface area contributed by atoms with Gasteiger partial charge in [-0.15, -0.1) is 0 Å². The Morgan fingerprint density at radius 2 is 2.25 bits per heavy atom. The van der Waals surface area contributed by atoms with Gasteiger partial charge in [0.15, 0.2) is 0 Å². The number of ether oxygens (including phenoxy) is 1. The molecule has 1 aliphatic heterocycles. The van der Waals surface area contributed by atoms with E-state index >= 15 is 0 Å².